The number of hydrogen-bond acceptors (Lipinski definition) is 2. The molecule has 1 aliphatic rings. The van der Waals surface area contributed by atoms with E-state index in [9.17, 15) is 0 Å². The second kappa shape index (κ2) is 5.96. The van der Waals surface area contributed by atoms with E-state index in [1.807, 2.05) is 0 Å². The summed E-state index contributed by atoms with van der Waals surface area (Å²) in [7, 11) is 0. The summed E-state index contributed by atoms with van der Waals surface area (Å²) in [6.45, 7) is 6.43. The summed E-state index contributed by atoms with van der Waals surface area (Å²) < 4.78 is 2.39. The minimum Gasteiger partial charge on any atom is -0.327 e. The summed E-state index contributed by atoms with van der Waals surface area (Å²) >= 11 is 0. The average molecular weight is 271 g/mol. The molecule has 1 fully saturated rings. The van der Waals surface area contributed by atoms with Crippen LogP contribution < -0.4 is 5.32 Å². The molecule has 3 rings (SSSR count). The first-order chi connectivity index (χ1) is 9.79. The molecule has 1 N–H and O–H groups in total. The van der Waals surface area contributed by atoms with Crippen LogP contribution in [0.1, 0.15) is 38.4 Å². The van der Waals surface area contributed by atoms with Crippen molar-refractivity contribution in [3.8, 4) is 0 Å². The summed E-state index contributed by atoms with van der Waals surface area (Å²) in [5.74, 6) is 1.96. The van der Waals surface area contributed by atoms with E-state index < -0.39 is 0 Å². The van der Waals surface area contributed by atoms with Crippen molar-refractivity contribution < 1.29 is 0 Å². The van der Waals surface area contributed by atoms with E-state index in [0.29, 0.717) is 6.04 Å². The van der Waals surface area contributed by atoms with Crippen LogP contribution in [0.25, 0.3) is 11.0 Å². The zero-order valence-corrected chi connectivity index (χ0v) is 12.6. The molecule has 3 nitrogen and oxygen atoms in total. The normalized spacial score (nSPS) is 17.9. The van der Waals surface area contributed by atoms with Gasteiger partial charge in [-0.05, 0) is 44.4 Å². The predicted molar refractivity (Wildman–Crippen MR) is 83.9 cm³/mol. The summed E-state index contributed by atoms with van der Waals surface area (Å²) in [4.78, 5) is 4.69. The van der Waals surface area contributed by atoms with Gasteiger partial charge in [0.2, 0.25) is 0 Å². The Morgan fingerprint density at radius 1 is 1.30 bits per heavy atom. The van der Waals surface area contributed by atoms with Crippen molar-refractivity contribution in [3.05, 3.63) is 30.1 Å². The third kappa shape index (κ3) is 2.59. The zero-order valence-electron chi connectivity index (χ0n) is 12.6. The lowest BCUT2D eigenvalue weighted by Crippen LogP contribution is -2.38. The first-order valence-electron chi connectivity index (χ1n) is 7.95. The van der Waals surface area contributed by atoms with Crippen LogP contribution in [-0.4, -0.2) is 22.1 Å². The zero-order chi connectivity index (χ0) is 13.9. The Kier molecular flexibility index (Phi) is 4.06. The first kappa shape index (κ1) is 13.6. The number of para-hydroxylation sites is 2. The van der Waals surface area contributed by atoms with Gasteiger partial charge in [0.25, 0.3) is 0 Å². The maximum absolute atomic E-state index is 4.69. The summed E-state index contributed by atoms with van der Waals surface area (Å²) in [6, 6.07) is 9.05. The van der Waals surface area contributed by atoms with Crippen LogP contribution in [0.5, 0.6) is 0 Å². The fourth-order valence-corrected chi connectivity index (χ4v) is 3.63. The van der Waals surface area contributed by atoms with E-state index in [-0.39, 0.29) is 0 Å². The highest BCUT2D eigenvalue weighted by Gasteiger charge is 2.25. The number of nitrogens with one attached hydrogen (secondary N) is 1. The van der Waals surface area contributed by atoms with Crippen LogP contribution >= 0.6 is 0 Å². The molecule has 20 heavy (non-hydrogen) atoms. The lowest BCUT2D eigenvalue weighted by molar-refractivity contribution is 0.328. The van der Waals surface area contributed by atoms with Crippen molar-refractivity contribution in [1.29, 1.82) is 0 Å². The van der Waals surface area contributed by atoms with Crippen LogP contribution in [0.4, 0.5) is 0 Å². The molecule has 0 bridgehead atoms. The number of rotatable bonds is 5. The van der Waals surface area contributed by atoms with E-state index in [4.69, 9.17) is 0 Å². The number of fused-ring (bicyclic) bond motifs is 1. The van der Waals surface area contributed by atoms with Crippen LogP contribution in [0.15, 0.2) is 24.3 Å². The van der Waals surface area contributed by atoms with Crippen molar-refractivity contribution in [2.24, 2.45) is 5.92 Å². The SMILES string of the molecule is CCNC(Cn1c(C)nc2ccccc21)C1CCCC1. The van der Waals surface area contributed by atoms with Crippen molar-refractivity contribution in [2.45, 2.75) is 52.1 Å². The number of nitrogens with zero attached hydrogens (tertiary/aromatic N) is 2. The van der Waals surface area contributed by atoms with Gasteiger partial charge in [0.1, 0.15) is 5.82 Å². The Bertz CT molecular complexity index is 567. The second-order valence-corrected chi connectivity index (χ2v) is 5.97. The molecule has 1 aliphatic carbocycles. The summed E-state index contributed by atoms with van der Waals surface area (Å²) in [5.41, 5.74) is 2.39. The molecule has 108 valence electrons. The van der Waals surface area contributed by atoms with Gasteiger partial charge in [-0.2, -0.15) is 0 Å². The fourth-order valence-electron chi connectivity index (χ4n) is 3.63. The number of aryl methyl sites for hydroxylation is 1. The Hall–Kier alpha value is -1.35. The van der Waals surface area contributed by atoms with Crippen LogP contribution in [0.2, 0.25) is 0 Å². The van der Waals surface area contributed by atoms with E-state index >= 15 is 0 Å². The highest BCUT2D eigenvalue weighted by atomic mass is 15.1. The predicted octanol–water partition coefficient (Wildman–Crippen LogP) is 3.51. The third-order valence-corrected chi connectivity index (χ3v) is 4.66. The average Bonchev–Trinajstić information content (AvgIpc) is 3.07. The Morgan fingerprint density at radius 2 is 2.05 bits per heavy atom. The number of aromatic nitrogens is 2. The Labute approximate surface area is 121 Å². The monoisotopic (exact) mass is 271 g/mol. The molecular formula is C17H25N3. The van der Waals surface area contributed by atoms with Gasteiger partial charge in [0, 0.05) is 12.6 Å². The minimum absolute atomic E-state index is 0.582. The second-order valence-electron chi connectivity index (χ2n) is 5.97. The van der Waals surface area contributed by atoms with Crippen molar-refractivity contribution in [3.63, 3.8) is 0 Å². The van der Waals surface area contributed by atoms with Gasteiger partial charge in [-0.3, -0.25) is 0 Å². The van der Waals surface area contributed by atoms with E-state index in [0.717, 1.165) is 30.3 Å². The van der Waals surface area contributed by atoms with Gasteiger partial charge < -0.3 is 9.88 Å². The molecule has 1 aromatic carbocycles. The lowest BCUT2D eigenvalue weighted by atomic mass is 9.98. The molecule has 0 saturated heterocycles. The smallest absolute Gasteiger partial charge is 0.106 e. The quantitative estimate of drug-likeness (QED) is 0.902. The van der Waals surface area contributed by atoms with Gasteiger partial charge in [-0.1, -0.05) is 31.9 Å². The molecule has 1 saturated carbocycles. The van der Waals surface area contributed by atoms with Crippen molar-refractivity contribution in [1.82, 2.24) is 14.9 Å². The topological polar surface area (TPSA) is 29.9 Å². The number of benzene rings is 1. The number of hydrogen-bond donors (Lipinski definition) is 1. The Morgan fingerprint density at radius 3 is 2.80 bits per heavy atom. The van der Waals surface area contributed by atoms with Crippen molar-refractivity contribution in [2.75, 3.05) is 6.54 Å². The van der Waals surface area contributed by atoms with Crippen LogP contribution in [0, 0.1) is 12.8 Å². The molecule has 0 aliphatic heterocycles. The molecule has 1 aromatic heterocycles. The molecule has 0 radical (unpaired) electrons. The molecule has 0 amide bonds. The molecule has 1 atom stereocenters. The molecule has 1 unspecified atom stereocenters. The maximum atomic E-state index is 4.69. The van der Waals surface area contributed by atoms with Gasteiger partial charge in [0.15, 0.2) is 0 Å². The van der Waals surface area contributed by atoms with Gasteiger partial charge in [0.05, 0.1) is 11.0 Å². The molecule has 0 spiro atoms. The number of likely N-dealkylation sites (N-methyl/N-ethyl adjacent to an activating group) is 1. The van der Waals surface area contributed by atoms with Crippen LogP contribution in [-0.2, 0) is 6.54 Å². The van der Waals surface area contributed by atoms with Crippen LogP contribution in [0.3, 0.4) is 0 Å². The largest absolute Gasteiger partial charge is 0.327 e. The third-order valence-electron chi connectivity index (χ3n) is 4.66. The molecular weight excluding hydrogens is 246 g/mol. The molecule has 1 heterocycles. The Balaban J connectivity index is 1.87. The first-order valence-corrected chi connectivity index (χ1v) is 7.95. The summed E-state index contributed by atoms with van der Waals surface area (Å²) in [6.07, 6.45) is 5.55. The van der Waals surface area contributed by atoms with Gasteiger partial charge >= 0.3 is 0 Å². The van der Waals surface area contributed by atoms with Gasteiger partial charge in [-0.25, -0.2) is 4.98 Å². The van der Waals surface area contributed by atoms with E-state index in [1.54, 1.807) is 0 Å². The minimum atomic E-state index is 0.582. The molecule has 2 aromatic rings. The van der Waals surface area contributed by atoms with Gasteiger partial charge in [-0.15, -0.1) is 0 Å². The fraction of sp³-hybridized carbons (Fsp3) is 0.588. The highest BCUT2D eigenvalue weighted by Crippen LogP contribution is 2.29. The van der Waals surface area contributed by atoms with Crippen molar-refractivity contribution >= 4 is 11.0 Å². The lowest BCUT2D eigenvalue weighted by Gasteiger charge is -2.25. The molecule has 3 heteroatoms. The standard InChI is InChI=1S/C17H25N3/c1-3-18-16(14-8-4-5-9-14)12-20-13(2)19-15-10-6-7-11-17(15)20/h6-7,10-11,14,16,18H,3-5,8-9,12H2,1-2H3. The van der Waals surface area contributed by atoms with E-state index in [1.165, 1.54) is 31.2 Å². The summed E-state index contributed by atoms with van der Waals surface area (Å²) in [5, 5.41) is 3.71. The van der Waals surface area contributed by atoms with E-state index in [2.05, 4.69) is 53.0 Å². The highest BCUT2D eigenvalue weighted by molar-refractivity contribution is 5.75. The maximum Gasteiger partial charge on any atom is 0.106 e. The number of imidazole rings is 1.